The van der Waals surface area contributed by atoms with Crippen LogP contribution < -0.4 is 15.4 Å². The molecule has 2 aromatic rings. The summed E-state index contributed by atoms with van der Waals surface area (Å²) in [4.78, 5) is 34.8. The lowest BCUT2D eigenvalue weighted by Gasteiger charge is -2.10. The molecule has 0 radical (unpaired) electrons. The average molecular weight is 419 g/mol. The van der Waals surface area contributed by atoms with E-state index in [1.54, 1.807) is 25.1 Å². The van der Waals surface area contributed by atoms with Gasteiger partial charge in [0, 0.05) is 12.2 Å². The first kappa shape index (κ1) is 21.9. The lowest BCUT2D eigenvalue weighted by Crippen LogP contribution is -2.41. The zero-order valence-corrected chi connectivity index (χ0v) is 16.7. The highest BCUT2D eigenvalue weighted by molar-refractivity contribution is 7.92. The molecule has 0 spiro atoms. The number of hydrogen-bond donors (Lipinski definition) is 3. The summed E-state index contributed by atoms with van der Waals surface area (Å²) in [7, 11) is -3.93. The highest BCUT2D eigenvalue weighted by Gasteiger charge is 2.18. The number of rotatable bonds is 7. The summed E-state index contributed by atoms with van der Waals surface area (Å²) in [6.45, 7) is 3.15. The normalized spacial score (nSPS) is 10.7. The maximum atomic E-state index is 12.6. The van der Waals surface area contributed by atoms with Crippen LogP contribution in [0.2, 0.25) is 0 Å². The van der Waals surface area contributed by atoms with Crippen molar-refractivity contribution in [3.05, 3.63) is 59.7 Å². The predicted octanol–water partition coefficient (Wildman–Crippen LogP) is 1.80. The number of benzene rings is 2. The molecule has 0 unspecified atom stereocenters. The third-order valence-corrected chi connectivity index (χ3v) is 4.95. The summed E-state index contributed by atoms with van der Waals surface area (Å²) in [5.41, 5.74) is 1.22. The van der Waals surface area contributed by atoms with Crippen LogP contribution in [0.25, 0.3) is 0 Å². The molecule has 0 aliphatic rings. The minimum Gasteiger partial charge on any atom is -0.452 e. The summed E-state index contributed by atoms with van der Waals surface area (Å²) in [6.07, 6.45) is 0. The van der Waals surface area contributed by atoms with E-state index < -0.39 is 34.5 Å². The molecule has 0 atom stereocenters. The van der Waals surface area contributed by atoms with Crippen molar-refractivity contribution in [2.45, 2.75) is 18.7 Å². The van der Waals surface area contributed by atoms with Gasteiger partial charge in [-0.05, 0) is 49.7 Å². The van der Waals surface area contributed by atoms with Crippen molar-refractivity contribution in [1.29, 1.82) is 0 Å². The average Bonchev–Trinajstić information content (AvgIpc) is 2.66. The number of imide groups is 1. The molecular weight excluding hydrogens is 398 g/mol. The van der Waals surface area contributed by atoms with Crippen LogP contribution in [0.15, 0.2) is 53.4 Å². The fraction of sp³-hybridized carbons (Fsp3) is 0.211. The standard InChI is InChI=1S/C19H21N3O6S/c1-3-20-19(25)21-17(23)12-28-18(24)14-7-5-9-16(11-14)29(26,27)22-15-8-4-6-13(2)10-15/h4-11,22H,3,12H2,1-2H3,(H2,20,21,23,25). The first-order chi connectivity index (χ1) is 13.7. The highest BCUT2D eigenvalue weighted by Crippen LogP contribution is 2.18. The van der Waals surface area contributed by atoms with E-state index in [0.717, 1.165) is 11.6 Å². The van der Waals surface area contributed by atoms with E-state index in [1.165, 1.54) is 18.2 Å². The van der Waals surface area contributed by atoms with Crippen molar-refractivity contribution in [2.24, 2.45) is 0 Å². The fourth-order valence-electron chi connectivity index (χ4n) is 2.29. The summed E-state index contributed by atoms with van der Waals surface area (Å²) in [5, 5.41) is 4.34. The molecule has 0 heterocycles. The predicted molar refractivity (Wildman–Crippen MR) is 106 cm³/mol. The van der Waals surface area contributed by atoms with E-state index in [4.69, 9.17) is 4.74 Å². The first-order valence-corrected chi connectivity index (χ1v) is 10.1. The van der Waals surface area contributed by atoms with Gasteiger partial charge in [0.1, 0.15) is 0 Å². The Morgan fingerprint density at radius 1 is 1.03 bits per heavy atom. The van der Waals surface area contributed by atoms with Crippen LogP contribution in [-0.4, -0.2) is 39.5 Å². The molecule has 0 aromatic heterocycles. The van der Waals surface area contributed by atoms with Crippen molar-refractivity contribution < 1.29 is 27.5 Å². The van der Waals surface area contributed by atoms with E-state index in [1.807, 2.05) is 18.3 Å². The largest absolute Gasteiger partial charge is 0.452 e. The molecule has 154 valence electrons. The van der Waals surface area contributed by atoms with Gasteiger partial charge >= 0.3 is 12.0 Å². The van der Waals surface area contributed by atoms with E-state index in [-0.39, 0.29) is 10.5 Å². The second-order valence-electron chi connectivity index (χ2n) is 5.99. The second kappa shape index (κ2) is 9.69. The number of anilines is 1. The van der Waals surface area contributed by atoms with Crippen LogP contribution in [0, 0.1) is 6.92 Å². The molecule has 3 amide bonds. The van der Waals surface area contributed by atoms with Crippen LogP contribution >= 0.6 is 0 Å². The molecule has 29 heavy (non-hydrogen) atoms. The molecule has 3 N–H and O–H groups in total. The maximum Gasteiger partial charge on any atom is 0.338 e. The number of urea groups is 1. The Kier molecular flexibility index (Phi) is 7.32. The van der Waals surface area contributed by atoms with E-state index in [2.05, 4.69) is 10.0 Å². The molecule has 10 heteroatoms. The molecule has 2 aromatic carbocycles. The molecule has 9 nitrogen and oxygen atoms in total. The van der Waals surface area contributed by atoms with E-state index >= 15 is 0 Å². The van der Waals surface area contributed by atoms with Crippen molar-refractivity contribution in [3.8, 4) is 0 Å². The monoisotopic (exact) mass is 419 g/mol. The number of aryl methyl sites for hydroxylation is 1. The van der Waals surface area contributed by atoms with Gasteiger partial charge in [0.2, 0.25) is 0 Å². The number of ether oxygens (including phenoxy) is 1. The van der Waals surface area contributed by atoms with Crippen LogP contribution in [-0.2, 0) is 19.6 Å². The molecule has 0 aliphatic heterocycles. The third kappa shape index (κ3) is 6.61. The Morgan fingerprint density at radius 3 is 2.45 bits per heavy atom. The van der Waals surface area contributed by atoms with Crippen molar-refractivity contribution in [1.82, 2.24) is 10.6 Å². The summed E-state index contributed by atoms with van der Waals surface area (Å²) < 4.78 is 32.4. The Balaban J connectivity index is 2.05. The number of amides is 3. The van der Waals surface area contributed by atoms with Crippen molar-refractivity contribution in [3.63, 3.8) is 0 Å². The number of nitrogens with one attached hydrogen (secondary N) is 3. The number of hydrogen-bond acceptors (Lipinski definition) is 6. The van der Waals surface area contributed by atoms with Gasteiger partial charge in [-0.25, -0.2) is 18.0 Å². The second-order valence-corrected chi connectivity index (χ2v) is 7.67. The molecule has 2 rings (SSSR count). The van der Waals surface area contributed by atoms with Gasteiger partial charge < -0.3 is 10.1 Å². The van der Waals surface area contributed by atoms with Crippen molar-refractivity contribution in [2.75, 3.05) is 17.9 Å². The van der Waals surface area contributed by atoms with Crippen LogP contribution in [0.1, 0.15) is 22.8 Å². The molecular formula is C19H21N3O6S. The van der Waals surface area contributed by atoms with Gasteiger partial charge in [-0.2, -0.15) is 0 Å². The van der Waals surface area contributed by atoms with Gasteiger partial charge in [0.05, 0.1) is 10.5 Å². The first-order valence-electron chi connectivity index (χ1n) is 8.65. The van der Waals surface area contributed by atoms with Gasteiger partial charge in [0.25, 0.3) is 15.9 Å². The fourth-order valence-corrected chi connectivity index (χ4v) is 3.39. The summed E-state index contributed by atoms with van der Waals surface area (Å²) in [6, 6.07) is 11.3. The molecule has 0 bridgehead atoms. The third-order valence-electron chi connectivity index (χ3n) is 3.57. The lowest BCUT2D eigenvalue weighted by atomic mass is 10.2. The number of sulfonamides is 1. The SMILES string of the molecule is CCNC(=O)NC(=O)COC(=O)c1cccc(S(=O)(=O)Nc2cccc(C)c2)c1. The number of carbonyl (C=O) groups is 3. The Bertz CT molecular complexity index is 1020. The molecule has 0 saturated heterocycles. The Morgan fingerprint density at radius 2 is 1.76 bits per heavy atom. The number of esters is 1. The van der Waals surface area contributed by atoms with Crippen molar-refractivity contribution >= 4 is 33.6 Å². The smallest absolute Gasteiger partial charge is 0.338 e. The zero-order valence-electron chi connectivity index (χ0n) is 15.9. The minimum absolute atomic E-state index is 0.0528. The molecule has 0 aliphatic carbocycles. The van der Waals surface area contributed by atoms with Gasteiger partial charge in [-0.3, -0.25) is 14.8 Å². The quantitative estimate of drug-likeness (QED) is 0.587. The van der Waals surface area contributed by atoms with E-state index in [0.29, 0.717) is 12.2 Å². The van der Waals surface area contributed by atoms with Gasteiger partial charge in [-0.1, -0.05) is 18.2 Å². The topological polar surface area (TPSA) is 131 Å². The van der Waals surface area contributed by atoms with Crippen LogP contribution in [0.3, 0.4) is 0 Å². The highest BCUT2D eigenvalue weighted by atomic mass is 32.2. The lowest BCUT2D eigenvalue weighted by molar-refractivity contribution is -0.123. The zero-order chi connectivity index (χ0) is 21.4. The summed E-state index contributed by atoms with van der Waals surface area (Å²) >= 11 is 0. The molecule has 0 fully saturated rings. The maximum absolute atomic E-state index is 12.6. The Labute approximate surface area is 168 Å². The van der Waals surface area contributed by atoms with Crippen LogP contribution in [0.5, 0.6) is 0 Å². The summed E-state index contributed by atoms with van der Waals surface area (Å²) in [5.74, 6) is -1.71. The van der Waals surface area contributed by atoms with Gasteiger partial charge in [-0.15, -0.1) is 0 Å². The number of carbonyl (C=O) groups excluding carboxylic acids is 3. The Hall–Kier alpha value is -3.40. The minimum atomic E-state index is -3.93. The van der Waals surface area contributed by atoms with E-state index in [9.17, 15) is 22.8 Å². The van der Waals surface area contributed by atoms with Gasteiger partial charge in [0.15, 0.2) is 6.61 Å². The van der Waals surface area contributed by atoms with Crippen LogP contribution in [0.4, 0.5) is 10.5 Å². The molecule has 0 saturated carbocycles.